The van der Waals surface area contributed by atoms with Crippen molar-refractivity contribution in [1.29, 1.82) is 0 Å². The van der Waals surface area contributed by atoms with E-state index < -0.39 is 4.92 Å². The summed E-state index contributed by atoms with van der Waals surface area (Å²) < 4.78 is 5.17. The molecule has 0 amide bonds. The number of halogens is 1. The predicted molar refractivity (Wildman–Crippen MR) is 69.0 cm³/mol. The van der Waals surface area contributed by atoms with Crippen molar-refractivity contribution in [3.8, 4) is 0 Å². The van der Waals surface area contributed by atoms with Crippen LogP contribution in [0.2, 0.25) is 5.02 Å². The second kappa shape index (κ2) is 5.55. The third-order valence-electron chi connectivity index (χ3n) is 2.42. The summed E-state index contributed by atoms with van der Waals surface area (Å²) >= 11 is 5.73. The molecule has 6 heteroatoms. The number of rotatable bonds is 5. The normalized spacial score (nSPS) is 10.3. The third-order valence-corrected chi connectivity index (χ3v) is 2.66. The lowest BCUT2D eigenvalue weighted by molar-refractivity contribution is -0.383. The second-order valence-corrected chi connectivity index (χ2v) is 4.11. The van der Waals surface area contributed by atoms with Crippen LogP contribution in [0.25, 0.3) is 0 Å². The van der Waals surface area contributed by atoms with Crippen molar-refractivity contribution in [1.82, 2.24) is 0 Å². The highest BCUT2D eigenvalue weighted by atomic mass is 35.5. The molecule has 2 aromatic rings. The Labute approximate surface area is 109 Å². The van der Waals surface area contributed by atoms with E-state index in [1.165, 1.54) is 6.07 Å². The molecule has 0 fully saturated rings. The summed E-state index contributed by atoms with van der Waals surface area (Å²) in [6, 6.07) is 8.21. The fraction of sp³-hybridized carbons (Fsp3) is 0.167. The van der Waals surface area contributed by atoms with Crippen molar-refractivity contribution in [2.24, 2.45) is 0 Å². The van der Waals surface area contributed by atoms with Crippen LogP contribution >= 0.6 is 11.6 Å². The van der Waals surface area contributed by atoms with Crippen LogP contribution in [0.15, 0.2) is 41.0 Å². The number of nitrogens with zero attached hydrogens (tertiary/aromatic N) is 1. The Balaban J connectivity index is 2.02. The number of nitro benzene ring substituents is 1. The zero-order chi connectivity index (χ0) is 13.0. The maximum Gasteiger partial charge on any atom is 0.293 e. The van der Waals surface area contributed by atoms with Gasteiger partial charge in [0, 0.05) is 24.1 Å². The monoisotopic (exact) mass is 266 g/mol. The quantitative estimate of drug-likeness (QED) is 0.664. The molecule has 0 radical (unpaired) electrons. The zero-order valence-electron chi connectivity index (χ0n) is 9.43. The van der Waals surface area contributed by atoms with Crippen molar-refractivity contribution < 1.29 is 9.34 Å². The van der Waals surface area contributed by atoms with Gasteiger partial charge in [-0.15, -0.1) is 0 Å². The van der Waals surface area contributed by atoms with Crippen LogP contribution < -0.4 is 5.32 Å². The summed E-state index contributed by atoms with van der Waals surface area (Å²) in [5.41, 5.74) is 0.429. The minimum Gasteiger partial charge on any atom is -0.469 e. The van der Waals surface area contributed by atoms with Crippen LogP contribution in [-0.2, 0) is 6.42 Å². The number of anilines is 1. The van der Waals surface area contributed by atoms with Crippen LogP contribution in [0.4, 0.5) is 11.4 Å². The van der Waals surface area contributed by atoms with Gasteiger partial charge in [-0.25, -0.2) is 0 Å². The van der Waals surface area contributed by atoms with Gasteiger partial charge in [0.25, 0.3) is 5.69 Å². The first-order valence-corrected chi connectivity index (χ1v) is 5.75. The number of hydrogen-bond donors (Lipinski definition) is 1. The highest BCUT2D eigenvalue weighted by molar-refractivity contribution is 6.30. The highest BCUT2D eigenvalue weighted by Gasteiger charge is 2.13. The average Bonchev–Trinajstić information content (AvgIpc) is 2.84. The smallest absolute Gasteiger partial charge is 0.293 e. The Morgan fingerprint density at radius 1 is 1.39 bits per heavy atom. The largest absolute Gasteiger partial charge is 0.469 e. The molecule has 2 rings (SSSR count). The molecule has 1 aromatic heterocycles. The van der Waals surface area contributed by atoms with Crippen molar-refractivity contribution in [3.05, 3.63) is 57.5 Å². The van der Waals surface area contributed by atoms with Gasteiger partial charge in [-0.1, -0.05) is 11.6 Å². The number of hydrogen-bond acceptors (Lipinski definition) is 4. The van der Waals surface area contributed by atoms with E-state index in [1.807, 2.05) is 6.07 Å². The number of nitrogens with one attached hydrogen (secondary N) is 1. The number of benzene rings is 1. The van der Waals surface area contributed by atoms with E-state index in [2.05, 4.69) is 5.32 Å². The molecule has 1 heterocycles. The van der Waals surface area contributed by atoms with Gasteiger partial charge in [0.05, 0.1) is 11.2 Å². The van der Waals surface area contributed by atoms with Gasteiger partial charge in [0.2, 0.25) is 0 Å². The molecule has 0 aliphatic carbocycles. The Morgan fingerprint density at radius 2 is 2.22 bits per heavy atom. The van der Waals surface area contributed by atoms with Crippen molar-refractivity contribution in [2.75, 3.05) is 11.9 Å². The molecule has 0 aliphatic heterocycles. The first-order valence-electron chi connectivity index (χ1n) is 5.37. The van der Waals surface area contributed by atoms with Gasteiger partial charge in [0.1, 0.15) is 11.4 Å². The van der Waals surface area contributed by atoms with Crippen LogP contribution in [0.5, 0.6) is 0 Å². The first-order chi connectivity index (χ1) is 8.66. The maximum atomic E-state index is 10.9. The van der Waals surface area contributed by atoms with Crippen LogP contribution in [-0.4, -0.2) is 11.5 Å². The molecular weight excluding hydrogens is 256 g/mol. The summed E-state index contributed by atoms with van der Waals surface area (Å²) in [5, 5.41) is 14.2. The topological polar surface area (TPSA) is 68.3 Å². The number of nitro groups is 1. The highest BCUT2D eigenvalue weighted by Crippen LogP contribution is 2.27. The van der Waals surface area contributed by atoms with E-state index in [0.29, 0.717) is 23.7 Å². The minimum absolute atomic E-state index is 0.0260. The molecule has 0 unspecified atom stereocenters. The molecular formula is C12H11ClN2O3. The van der Waals surface area contributed by atoms with Gasteiger partial charge >= 0.3 is 0 Å². The van der Waals surface area contributed by atoms with Gasteiger partial charge in [-0.2, -0.15) is 0 Å². The van der Waals surface area contributed by atoms with E-state index in [4.69, 9.17) is 16.0 Å². The lowest BCUT2D eigenvalue weighted by atomic mass is 10.2. The van der Waals surface area contributed by atoms with E-state index in [-0.39, 0.29) is 5.69 Å². The molecule has 18 heavy (non-hydrogen) atoms. The van der Waals surface area contributed by atoms with Gasteiger partial charge < -0.3 is 9.73 Å². The fourth-order valence-electron chi connectivity index (χ4n) is 1.58. The molecule has 94 valence electrons. The second-order valence-electron chi connectivity index (χ2n) is 3.67. The molecule has 5 nitrogen and oxygen atoms in total. The van der Waals surface area contributed by atoms with Crippen LogP contribution in [0, 0.1) is 10.1 Å². The minimum atomic E-state index is -0.457. The van der Waals surface area contributed by atoms with E-state index in [1.54, 1.807) is 24.5 Å². The third kappa shape index (κ3) is 3.01. The standard InChI is InChI=1S/C12H11ClN2O3/c13-9-3-4-11(12(8-9)15(16)17)14-6-5-10-2-1-7-18-10/h1-4,7-8,14H,5-6H2. The predicted octanol–water partition coefficient (Wildman–Crippen LogP) is 3.50. The lowest BCUT2D eigenvalue weighted by Gasteiger charge is -2.06. The SMILES string of the molecule is O=[N+]([O-])c1cc(Cl)ccc1NCCc1ccco1. The van der Waals surface area contributed by atoms with Crippen LogP contribution in [0.3, 0.4) is 0 Å². The molecule has 0 saturated heterocycles. The Bertz CT molecular complexity index is 540. The molecule has 0 aliphatic rings. The maximum absolute atomic E-state index is 10.9. The van der Waals surface area contributed by atoms with E-state index >= 15 is 0 Å². The Hall–Kier alpha value is -2.01. The molecule has 0 spiro atoms. The fourth-order valence-corrected chi connectivity index (χ4v) is 1.75. The average molecular weight is 267 g/mol. The molecule has 1 aromatic carbocycles. The molecule has 1 N–H and O–H groups in total. The molecule has 0 saturated carbocycles. The first kappa shape index (κ1) is 12.4. The zero-order valence-corrected chi connectivity index (χ0v) is 10.2. The summed E-state index contributed by atoms with van der Waals surface area (Å²) in [6.07, 6.45) is 2.26. The lowest BCUT2D eigenvalue weighted by Crippen LogP contribution is -2.06. The van der Waals surface area contributed by atoms with Crippen molar-refractivity contribution in [3.63, 3.8) is 0 Å². The van der Waals surface area contributed by atoms with E-state index in [0.717, 1.165) is 5.76 Å². The summed E-state index contributed by atoms with van der Waals surface area (Å²) in [4.78, 5) is 10.4. The molecule has 0 bridgehead atoms. The van der Waals surface area contributed by atoms with Gasteiger partial charge in [-0.05, 0) is 24.3 Å². The van der Waals surface area contributed by atoms with Crippen molar-refractivity contribution in [2.45, 2.75) is 6.42 Å². The summed E-state index contributed by atoms with van der Waals surface area (Å²) in [7, 11) is 0. The summed E-state index contributed by atoms with van der Waals surface area (Å²) in [5.74, 6) is 0.833. The number of furan rings is 1. The summed E-state index contributed by atoms with van der Waals surface area (Å²) in [6.45, 7) is 0.552. The van der Waals surface area contributed by atoms with Crippen LogP contribution in [0.1, 0.15) is 5.76 Å². The van der Waals surface area contributed by atoms with Gasteiger partial charge in [-0.3, -0.25) is 10.1 Å². The van der Waals surface area contributed by atoms with Crippen molar-refractivity contribution >= 4 is 23.0 Å². The van der Waals surface area contributed by atoms with E-state index in [9.17, 15) is 10.1 Å². The Kier molecular flexibility index (Phi) is 3.84. The van der Waals surface area contributed by atoms with Gasteiger partial charge in [0.15, 0.2) is 0 Å². The Morgan fingerprint density at radius 3 is 2.89 bits per heavy atom. The molecule has 0 atom stereocenters.